The summed E-state index contributed by atoms with van der Waals surface area (Å²) >= 11 is 0. The van der Waals surface area contributed by atoms with Crippen LogP contribution in [0, 0.1) is 0 Å². The summed E-state index contributed by atoms with van der Waals surface area (Å²) in [6, 6.07) is 4.67. The van der Waals surface area contributed by atoms with Gasteiger partial charge in [0.1, 0.15) is 0 Å². The lowest BCUT2D eigenvalue weighted by atomic mass is 9.94. The Morgan fingerprint density at radius 1 is 1.61 bits per heavy atom. The summed E-state index contributed by atoms with van der Waals surface area (Å²) in [7, 11) is 0. The van der Waals surface area contributed by atoms with E-state index in [-0.39, 0.29) is 17.2 Å². The van der Waals surface area contributed by atoms with E-state index in [0.717, 1.165) is 6.42 Å². The van der Waals surface area contributed by atoms with Crippen molar-refractivity contribution >= 4 is 17.3 Å². The fraction of sp³-hybridized carbons (Fsp3) is 0.462. The molecule has 1 aromatic rings. The van der Waals surface area contributed by atoms with Gasteiger partial charge in [0.15, 0.2) is 0 Å². The molecule has 0 bridgehead atoms. The number of rotatable bonds is 3. The number of nitrogens with two attached hydrogens (primary N) is 1. The topological polar surface area (TPSA) is 84.6 Å². The Bertz CT molecular complexity index is 475. The zero-order chi connectivity index (χ0) is 13.3. The molecule has 2 unspecified atom stereocenters. The lowest BCUT2D eigenvalue weighted by molar-refractivity contribution is 0.0697. The summed E-state index contributed by atoms with van der Waals surface area (Å²) in [5, 5.41) is 12.3. The van der Waals surface area contributed by atoms with Crippen molar-refractivity contribution in [2.45, 2.75) is 31.9 Å². The van der Waals surface area contributed by atoms with Gasteiger partial charge < -0.3 is 20.9 Å². The highest BCUT2D eigenvalue weighted by Crippen LogP contribution is 2.32. The number of hydrogen-bond donors (Lipinski definition) is 3. The second-order valence-corrected chi connectivity index (χ2v) is 4.91. The Morgan fingerprint density at radius 3 is 2.89 bits per heavy atom. The van der Waals surface area contributed by atoms with Crippen LogP contribution in [0.3, 0.4) is 0 Å². The van der Waals surface area contributed by atoms with E-state index in [1.54, 1.807) is 12.1 Å². The average Bonchev–Trinajstić information content (AvgIpc) is 2.62. The first-order chi connectivity index (χ1) is 8.42. The van der Waals surface area contributed by atoms with Crippen LogP contribution in [0.25, 0.3) is 0 Å². The van der Waals surface area contributed by atoms with Gasteiger partial charge in [-0.15, -0.1) is 0 Å². The Kier molecular flexibility index (Phi) is 3.17. The van der Waals surface area contributed by atoms with Gasteiger partial charge in [-0.1, -0.05) is 0 Å². The number of carboxylic acid groups (broad SMARTS) is 1. The lowest BCUT2D eigenvalue weighted by Crippen LogP contribution is -2.41. The van der Waals surface area contributed by atoms with E-state index in [4.69, 9.17) is 15.6 Å². The van der Waals surface area contributed by atoms with Gasteiger partial charge in [0.25, 0.3) is 0 Å². The van der Waals surface area contributed by atoms with Crippen molar-refractivity contribution in [1.29, 1.82) is 0 Å². The van der Waals surface area contributed by atoms with Gasteiger partial charge in [0, 0.05) is 6.61 Å². The Balaban J connectivity index is 2.28. The molecule has 1 saturated heterocycles. The monoisotopic (exact) mass is 250 g/mol. The second kappa shape index (κ2) is 4.49. The third kappa shape index (κ3) is 2.26. The number of carboxylic acids is 1. The molecule has 1 fully saturated rings. The number of anilines is 2. The number of nitrogen functional groups attached to an aromatic ring is 1. The number of nitrogens with one attached hydrogen (secondary N) is 1. The molecule has 5 nitrogen and oxygen atoms in total. The van der Waals surface area contributed by atoms with Crippen LogP contribution in [0.15, 0.2) is 18.2 Å². The number of hydrogen-bond acceptors (Lipinski definition) is 4. The zero-order valence-corrected chi connectivity index (χ0v) is 10.6. The molecular formula is C13H18N2O3. The Labute approximate surface area is 106 Å². The van der Waals surface area contributed by atoms with Gasteiger partial charge in [0.2, 0.25) is 0 Å². The predicted octanol–water partition coefficient (Wildman–Crippen LogP) is 1.95. The van der Waals surface area contributed by atoms with Crippen molar-refractivity contribution < 1.29 is 14.6 Å². The summed E-state index contributed by atoms with van der Waals surface area (Å²) in [5.74, 6) is -0.959. The van der Waals surface area contributed by atoms with Crippen LogP contribution in [-0.2, 0) is 4.74 Å². The SMILES string of the molecule is CC1OCCC1(C)Nc1cc(C(=O)O)ccc1N. The van der Waals surface area contributed by atoms with Crippen LogP contribution >= 0.6 is 0 Å². The van der Waals surface area contributed by atoms with Gasteiger partial charge in [0.05, 0.1) is 28.6 Å². The van der Waals surface area contributed by atoms with Crippen molar-refractivity contribution in [2.24, 2.45) is 0 Å². The molecule has 1 aliphatic heterocycles. The average molecular weight is 250 g/mol. The highest BCUT2D eigenvalue weighted by Gasteiger charge is 2.37. The maximum atomic E-state index is 11.0. The van der Waals surface area contributed by atoms with Gasteiger partial charge in [-0.25, -0.2) is 4.79 Å². The zero-order valence-electron chi connectivity index (χ0n) is 10.6. The van der Waals surface area contributed by atoms with Gasteiger partial charge in [-0.3, -0.25) is 0 Å². The van der Waals surface area contributed by atoms with Crippen molar-refractivity contribution in [3.8, 4) is 0 Å². The normalized spacial score (nSPS) is 27.1. The van der Waals surface area contributed by atoms with Gasteiger partial charge in [-0.2, -0.15) is 0 Å². The standard InChI is InChI=1S/C13H18N2O3/c1-8-13(2,5-6-18-8)15-11-7-9(12(16)17)3-4-10(11)14/h3-4,7-8,15H,5-6,14H2,1-2H3,(H,16,17). The molecule has 1 aliphatic rings. The molecule has 0 aliphatic carbocycles. The van der Waals surface area contributed by atoms with E-state index in [9.17, 15) is 4.79 Å². The van der Waals surface area contributed by atoms with E-state index in [2.05, 4.69) is 12.2 Å². The fourth-order valence-electron chi connectivity index (χ4n) is 2.10. The van der Waals surface area contributed by atoms with Crippen molar-refractivity contribution in [3.63, 3.8) is 0 Å². The number of aromatic carboxylic acids is 1. The first kappa shape index (κ1) is 12.7. The van der Waals surface area contributed by atoms with E-state index < -0.39 is 5.97 Å². The van der Waals surface area contributed by atoms with E-state index in [1.165, 1.54) is 6.07 Å². The third-order valence-corrected chi connectivity index (χ3v) is 3.61. The molecule has 5 heteroatoms. The molecule has 18 heavy (non-hydrogen) atoms. The van der Waals surface area contributed by atoms with Crippen LogP contribution < -0.4 is 11.1 Å². The first-order valence-corrected chi connectivity index (χ1v) is 5.95. The molecule has 1 aromatic carbocycles. The first-order valence-electron chi connectivity index (χ1n) is 5.95. The molecule has 0 radical (unpaired) electrons. The minimum Gasteiger partial charge on any atom is -0.478 e. The highest BCUT2D eigenvalue weighted by atomic mass is 16.5. The lowest BCUT2D eigenvalue weighted by Gasteiger charge is -2.30. The summed E-state index contributed by atoms with van der Waals surface area (Å²) in [5.41, 5.74) is 7.07. The van der Waals surface area contributed by atoms with Gasteiger partial charge in [-0.05, 0) is 38.5 Å². The fourth-order valence-corrected chi connectivity index (χ4v) is 2.10. The molecule has 0 saturated carbocycles. The summed E-state index contributed by atoms with van der Waals surface area (Å²) in [6.45, 7) is 4.75. The van der Waals surface area contributed by atoms with Crippen LogP contribution in [0.4, 0.5) is 11.4 Å². The van der Waals surface area contributed by atoms with Crippen LogP contribution in [0.1, 0.15) is 30.6 Å². The highest BCUT2D eigenvalue weighted by molar-refractivity contribution is 5.90. The molecular weight excluding hydrogens is 232 g/mol. The third-order valence-electron chi connectivity index (χ3n) is 3.61. The molecule has 1 heterocycles. The minimum absolute atomic E-state index is 0.0605. The largest absolute Gasteiger partial charge is 0.478 e. The summed E-state index contributed by atoms with van der Waals surface area (Å²) in [6.07, 6.45) is 0.927. The summed E-state index contributed by atoms with van der Waals surface area (Å²) < 4.78 is 5.54. The minimum atomic E-state index is -0.959. The molecule has 0 aromatic heterocycles. The maximum Gasteiger partial charge on any atom is 0.335 e. The molecule has 98 valence electrons. The van der Waals surface area contributed by atoms with Gasteiger partial charge >= 0.3 is 5.97 Å². The number of ether oxygens (including phenoxy) is 1. The smallest absolute Gasteiger partial charge is 0.335 e. The predicted molar refractivity (Wildman–Crippen MR) is 69.9 cm³/mol. The van der Waals surface area contributed by atoms with Crippen LogP contribution in [-0.4, -0.2) is 29.3 Å². The maximum absolute atomic E-state index is 11.0. The molecule has 2 atom stereocenters. The van der Waals surface area contributed by atoms with E-state index >= 15 is 0 Å². The van der Waals surface area contributed by atoms with Crippen molar-refractivity contribution in [3.05, 3.63) is 23.8 Å². The van der Waals surface area contributed by atoms with Crippen molar-refractivity contribution in [1.82, 2.24) is 0 Å². The molecule has 0 spiro atoms. The molecule has 4 N–H and O–H groups in total. The summed E-state index contributed by atoms with van der Waals surface area (Å²) in [4.78, 5) is 11.0. The Morgan fingerprint density at radius 2 is 2.33 bits per heavy atom. The second-order valence-electron chi connectivity index (χ2n) is 4.91. The number of carbonyl (C=O) groups is 1. The van der Waals surface area contributed by atoms with E-state index in [1.807, 2.05) is 6.92 Å². The van der Waals surface area contributed by atoms with Crippen molar-refractivity contribution in [2.75, 3.05) is 17.7 Å². The molecule has 2 rings (SSSR count). The Hall–Kier alpha value is -1.75. The number of benzene rings is 1. The molecule has 0 amide bonds. The van der Waals surface area contributed by atoms with E-state index in [0.29, 0.717) is 18.0 Å². The quantitative estimate of drug-likeness (QED) is 0.714. The van der Waals surface area contributed by atoms with Crippen LogP contribution in [0.2, 0.25) is 0 Å². The van der Waals surface area contributed by atoms with Crippen LogP contribution in [0.5, 0.6) is 0 Å².